The van der Waals surface area contributed by atoms with Crippen LogP contribution in [-0.4, -0.2) is 13.2 Å². The smallest absolute Gasteiger partial charge is 0.119 e. The molecule has 0 spiro atoms. The van der Waals surface area contributed by atoms with E-state index in [1.54, 1.807) is 0 Å². The maximum absolute atomic E-state index is 5.87. The predicted octanol–water partition coefficient (Wildman–Crippen LogP) is 4.98. The summed E-state index contributed by atoms with van der Waals surface area (Å²) in [5.41, 5.74) is 6.76. The van der Waals surface area contributed by atoms with Gasteiger partial charge in [-0.15, -0.1) is 0 Å². The first-order valence-corrected chi connectivity index (χ1v) is 9.01. The molecule has 3 rings (SSSR count). The monoisotopic (exact) mass is 321 g/mol. The van der Waals surface area contributed by atoms with Gasteiger partial charge in [0.25, 0.3) is 0 Å². The standard InChI is InChI=1S/C22H27NO/c1-3-4-14-24-20-10-11-21-19(16-20)12-13-23-22(21)17(2)15-18-8-6-5-7-9-18/h5-11,16,23H,3-4,12-15H2,1-2H3. The van der Waals surface area contributed by atoms with Gasteiger partial charge in [-0.05, 0) is 61.1 Å². The molecule has 2 aromatic rings. The summed E-state index contributed by atoms with van der Waals surface area (Å²) in [7, 11) is 0. The Morgan fingerprint density at radius 3 is 2.75 bits per heavy atom. The summed E-state index contributed by atoms with van der Waals surface area (Å²) in [6, 6.07) is 17.2. The Morgan fingerprint density at radius 1 is 1.12 bits per heavy atom. The fourth-order valence-corrected chi connectivity index (χ4v) is 3.23. The molecular formula is C22H27NO. The van der Waals surface area contributed by atoms with E-state index in [4.69, 9.17) is 4.74 Å². The number of ether oxygens (including phenoxy) is 1. The number of hydrogen-bond donors (Lipinski definition) is 1. The molecule has 1 N–H and O–H groups in total. The van der Waals surface area contributed by atoms with Crippen molar-refractivity contribution in [1.29, 1.82) is 0 Å². The highest BCUT2D eigenvalue weighted by Crippen LogP contribution is 2.29. The van der Waals surface area contributed by atoms with Gasteiger partial charge in [0.15, 0.2) is 0 Å². The first-order valence-electron chi connectivity index (χ1n) is 9.01. The Kier molecular flexibility index (Phi) is 5.58. The first kappa shape index (κ1) is 16.6. The molecule has 126 valence electrons. The zero-order valence-electron chi connectivity index (χ0n) is 14.8. The molecule has 0 amide bonds. The van der Waals surface area contributed by atoms with Crippen molar-refractivity contribution in [3.8, 4) is 5.75 Å². The SMILES string of the molecule is CCCCOc1ccc2c(c1)CCNC2=C(C)Cc1ccccc1. The van der Waals surface area contributed by atoms with E-state index in [0.717, 1.165) is 38.2 Å². The molecule has 0 aliphatic carbocycles. The third kappa shape index (κ3) is 4.00. The van der Waals surface area contributed by atoms with Crippen LogP contribution in [0.3, 0.4) is 0 Å². The minimum Gasteiger partial charge on any atom is -0.494 e. The predicted molar refractivity (Wildman–Crippen MR) is 101 cm³/mol. The van der Waals surface area contributed by atoms with Gasteiger partial charge in [0.05, 0.1) is 6.61 Å². The zero-order chi connectivity index (χ0) is 16.8. The summed E-state index contributed by atoms with van der Waals surface area (Å²) in [5.74, 6) is 1.00. The van der Waals surface area contributed by atoms with Crippen molar-refractivity contribution in [1.82, 2.24) is 5.32 Å². The van der Waals surface area contributed by atoms with Gasteiger partial charge in [-0.2, -0.15) is 0 Å². The molecule has 2 nitrogen and oxygen atoms in total. The molecule has 0 saturated carbocycles. The molecule has 0 fully saturated rings. The van der Waals surface area contributed by atoms with Gasteiger partial charge in [-0.3, -0.25) is 0 Å². The van der Waals surface area contributed by atoms with Crippen molar-refractivity contribution in [3.63, 3.8) is 0 Å². The van der Waals surface area contributed by atoms with Crippen molar-refractivity contribution in [2.24, 2.45) is 0 Å². The van der Waals surface area contributed by atoms with E-state index in [9.17, 15) is 0 Å². The summed E-state index contributed by atoms with van der Waals surface area (Å²) >= 11 is 0. The topological polar surface area (TPSA) is 21.3 Å². The summed E-state index contributed by atoms with van der Waals surface area (Å²) in [4.78, 5) is 0. The Hall–Kier alpha value is -2.22. The summed E-state index contributed by atoms with van der Waals surface area (Å²) in [5, 5.41) is 3.61. The third-order valence-corrected chi connectivity index (χ3v) is 4.55. The maximum atomic E-state index is 5.87. The van der Waals surface area contributed by atoms with Crippen molar-refractivity contribution in [3.05, 3.63) is 70.8 Å². The second-order valence-electron chi connectivity index (χ2n) is 6.52. The van der Waals surface area contributed by atoms with Crippen molar-refractivity contribution in [2.45, 2.75) is 39.5 Å². The lowest BCUT2D eigenvalue weighted by Gasteiger charge is -2.24. The lowest BCUT2D eigenvalue weighted by Crippen LogP contribution is -2.24. The molecule has 1 aliphatic rings. The van der Waals surface area contributed by atoms with Gasteiger partial charge >= 0.3 is 0 Å². The molecule has 1 heterocycles. The summed E-state index contributed by atoms with van der Waals surface area (Å²) in [6.45, 7) is 6.22. The second kappa shape index (κ2) is 8.05. The van der Waals surface area contributed by atoms with E-state index >= 15 is 0 Å². The number of hydrogen-bond acceptors (Lipinski definition) is 2. The number of fused-ring (bicyclic) bond motifs is 1. The largest absolute Gasteiger partial charge is 0.494 e. The molecule has 2 heteroatoms. The summed E-state index contributed by atoms with van der Waals surface area (Å²) in [6.07, 6.45) is 4.32. The molecule has 0 aromatic heterocycles. The van der Waals surface area contributed by atoms with E-state index in [0.29, 0.717) is 0 Å². The van der Waals surface area contributed by atoms with Crippen LogP contribution >= 0.6 is 0 Å². The van der Waals surface area contributed by atoms with E-state index in [2.05, 4.69) is 67.7 Å². The fraction of sp³-hybridized carbons (Fsp3) is 0.364. The van der Waals surface area contributed by atoms with Crippen LogP contribution in [0, 0.1) is 0 Å². The van der Waals surface area contributed by atoms with Gasteiger partial charge in [-0.25, -0.2) is 0 Å². The van der Waals surface area contributed by atoms with Crippen LogP contribution in [0.25, 0.3) is 5.70 Å². The summed E-state index contributed by atoms with van der Waals surface area (Å²) < 4.78 is 5.87. The van der Waals surface area contributed by atoms with Crippen LogP contribution < -0.4 is 10.1 Å². The van der Waals surface area contributed by atoms with E-state index in [1.165, 1.54) is 34.4 Å². The molecule has 0 saturated heterocycles. The fourth-order valence-electron chi connectivity index (χ4n) is 3.23. The van der Waals surface area contributed by atoms with Crippen LogP contribution in [0.4, 0.5) is 0 Å². The average Bonchev–Trinajstić information content (AvgIpc) is 2.62. The molecule has 0 atom stereocenters. The second-order valence-corrected chi connectivity index (χ2v) is 6.52. The van der Waals surface area contributed by atoms with Crippen LogP contribution in [-0.2, 0) is 12.8 Å². The maximum Gasteiger partial charge on any atom is 0.119 e. The van der Waals surface area contributed by atoms with Gasteiger partial charge in [0, 0.05) is 17.8 Å². The van der Waals surface area contributed by atoms with Gasteiger partial charge in [0.1, 0.15) is 5.75 Å². The highest BCUT2D eigenvalue weighted by atomic mass is 16.5. The molecule has 0 unspecified atom stereocenters. The third-order valence-electron chi connectivity index (χ3n) is 4.55. The van der Waals surface area contributed by atoms with Crippen LogP contribution in [0.15, 0.2) is 54.1 Å². The van der Waals surface area contributed by atoms with E-state index in [1.807, 2.05) is 0 Å². The van der Waals surface area contributed by atoms with Crippen molar-refractivity contribution < 1.29 is 4.74 Å². The molecule has 24 heavy (non-hydrogen) atoms. The Balaban J connectivity index is 1.81. The van der Waals surface area contributed by atoms with Crippen LogP contribution in [0.2, 0.25) is 0 Å². The molecule has 0 radical (unpaired) electrons. The lowest BCUT2D eigenvalue weighted by molar-refractivity contribution is 0.309. The van der Waals surface area contributed by atoms with E-state index in [-0.39, 0.29) is 0 Å². The minimum atomic E-state index is 0.809. The zero-order valence-corrected chi connectivity index (χ0v) is 14.8. The Bertz CT molecular complexity index is 703. The normalized spacial score (nSPS) is 15.4. The lowest BCUT2D eigenvalue weighted by atomic mass is 9.93. The molecule has 0 bridgehead atoms. The van der Waals surface area contributed by atoms with Crippen LogP contribution in [0.1, 0.15) is 43.4 Å². The Labute approximate surface area is 145 Å². The average molecular weight is 321 g/mol. The highest BCUT2D eigenvalue weighted by molar-refractivity contribution is 5.72. The van der Waals surface area contributed by atoms with Gasteiger partial charge in [0.2, 0.25) is 0 Å². The van der Waals surface area contributed by atoms with Crippen molar-refractivity contribution in [2.75, 3.05) is 13.2 Å². The first-order chi connectivity index (χ1) is 11.8. The number of rotatable bonds is 6. The molecular weight excluding hydrogens is 294 g/mol. The quantitative estimate of drug-likeness (QED) is 0.757. The molecule has 1 aliphatic heterocycles. The highest BCUT2D eigenvalue weighted by Gasteiger charge is 2.16. The van der Waals surface area contributed by atoms with Gasteiger partial charge in [-0.1, -0.05) is 43.7 Å². The number of allylic oxidation sites excluding steroid dienone is 1. The van der Waals surface area contributed by atoms with Crippen LogP contribution in [0.5, 0.6) is 5.75 Å². The number of nitrogens with one attached hydrogen (secondary N) is 1. The molecule has 2 aromatic carbocycles. The van der Waals surface area contributed by atoms with E-state index < -0.39 is 0 Å². The van der Waals surface area contributed by atoms with Crippen molar-refractivity contribution >= 4 is 5.70 Å². The minimum absolute atomic E-state index is 0.809. The Morgan fingerprint density at radius 2 is 1.96 bits per heavy atom. The number of unbranched alkanes of at least 4 members (excludes halogenated alkanes) is 1. The number of benzene rings is 2. The van der Waals surface area contributed by atoms with Gasteiger partial charge < -0.3 is 10.1 Å².